The third-order valence-electron chi connectivity index (χ3n) is 2.54. The van der Waals surface area contributed by atoms with Gasteiger partial charge in [0.15, 0.2) is 5.79 Å². The zero-order chi connectivity index (χ0) is 16.8. The van der Waals surface area contributed by atoms with Crippen LogP contribution in [-0.4, -0.2) is 64.4 Å². The van der Waals surface area contributed by atoms with Gasteiger partial charge in [0.25, 0.3) is 0 Å². The zero-order valence-electron chi connectivity index (χ0n) is 14.0. The smallest absolute Gasteiger partial charge is 0.246 e. The molecule has 1 amide bonds. The first kappa shape index (κ1) is 21.0. The summed E-state index contributed by atoms with van der Waals surface area (Å²) in [5.74, 6) is -0.852. The fourth-order valence-corrected chi connectivity index (χ4v) is 1.41. The van der Waals surface area contributed by atoms with E-state index < -0.39 is 5.79 Å². The molecule has 0 unspecified atom stereocenters. The summed E-state index contributed by atoms with van der Waals surface area (Å²) in [5.41, 5.74) is 5.80. The predicted octanol–water partition coefficient (Wildman–Crippen LogP) is 0.440. The van der Waals surface area contributed by atoms with Crippen LogP contribution >= 0.6 is 0 Å². The maximum atomic E-state index is 11.2. The first-order chi connectivity index (χ1) is 10.4. The topological polar surface area (TPSA) is 92.0 Å². The van der Waals surface area contributed by atoms with Gasteiger partial charge in [0.1, 0.15) is 0 Å². The van der Waals surface area contributed by atoms with E-state index in [1.54, 1.807) is 6.92 Å². The molecule has 7 heteroatoms. The normalized spacial score (nSPS) is 11.5. The van der Waals surface area contributed by atoms with Gasteiger partial charge in [0.2, 0.25) is 5.91 Å². The van der Waals surface area contributed by atoms with Crippen molar-refractivity contribution in [2.24, 2.45) is 5.73 Å². The number of nitrogens with one attached hydrogen (secondary N) is 1. The Bertz CT molecular complexity index is 321. The van der Waals surface area contributed by atoms with Crippen LogP contribution in [0.25, 0.3) is 0 Å². The second kappa shape index (κ2) is 12.5. The van der Waals surface area contributed by atoms with Gasteiger partial charge < -0.3 is 30.0 Å². The number of ether oxygens (including phenoxy) is 4. The molecular formula is C15H30N2O5. The van der Waals surface area contributed by atoms with Crippen LogP contribution < -0.4 is 11.1 Å². The van der Waals surface area contributed by atoms with Crippen LogP contribution in [0.5, 0.6) is 0 Å². The first-order valence-electron chi connectivity index (χ1n) is 7.46. The molecule has 22 heavy (non-hydrogen) atoms. The zero-order valence-corrected chi connectivity index (χ0v) is 14.0. The molecular weight excluding hydrogens is 288 g/mol. The van der Waals surface area contributed by atoms with Crippen molar-refractivity contribution in [2.75, 3.05) is 52.7 Å². The van der Waals surface area contributed by atoms with E-state index in [0.29, 0.717) is 58.3 Å². The van der Waals surface area contributed by atoms with E-state index in [9.17, 15) is 4.79 Å². The van der Waals surface area contributed by atoms with Crippen LogP contribution in [0.4, 0.5) is 0 Å². The van der Waals surface area contributed by atoms with E-state index >= 15 is 0 Å². The lowest BCUT2D eigenvalue weighted by Gasteiger charge is -2.25. The van der Waals surface area contributed by atoms with Gasteiger partial charge in [0.05, 0.1) is 39.6 Å². The molecule has 0 aromatic heterocycles. The van der Waals surface area contributed by atoms with Gasteiger partial charge in [-0.3, -0.25) is 4.79 Å². The van der Waals surface area contributed by atoms with Gasteiger partial charge in [-0.15, -0.1) is 0 Å². The third kappa shape index (κ3) is 12.7. The van der Waals surface area contributed by atoms with Crippen molar-refractivity contribution in [3.63, 3.8) is 0 Å². The Balaban J connectivity index is 3.48. The van der Waals surface area contributed by atoms with Crippen molar-refractivity contribution >= 4 is 5.91 Å². The summed E-state index contributed by atoms with van der Waals surface area (Å²) >= 11 is 0. The summed E-state index contributed by atoms with van der Waals surface area (Å²) in [6.45, 7) is 12.6. The van der Waals surface area contributed by atoms with E-state index in [4.69, 9.17) is 24.7 Å². The molecule has 0 aliphatic carbocycles. The predicted molar refractivity (Wildman–Crippen MR) is 84.5 cm³/mol. The summed E-state index contributed by atoms with van der Waals surface area (Å²) in [6.07, 6.45) is 0. The van der Waals surface area contributed by atoms with E-state index in [2.05, 4.69) is 11.9 Å². The summed E-state index contributed by atoms with van der Waals surface area (Å²) in [5, 5.41) is 2.68. The lowest BCUT2D eigenvalue weighted by atomic mass is 10.3. The molecule has 0 spiro atoms. The number of amides is 1. The fourth-order valence-electron chi connectivity index (χ4n) is 1.41. The number of hydrogen-bond acceptors (Lipinski definition) is 6. The van der Waals surface area contributed by atoms with Gasteiger partial charge in [-0.25, -0.2) is 0 Å². The Morgan fingerprint density at radius 2 is 1.59 bits per heavy atom. The number of hydrogen-bond donors (Lipinski definition) is 2. The maximum absolute atomic E-state index is 11.2. The van der Waals surface area contributed by atoms with Crippen molar-refractivity contribution in [1.82, 2.24) is 5.32 Å². The van der Waals surface area contributed by atoms with Gasteiger partial charge in [-0.05, 0) is 20.8 Å². The molecule has 0 radical (unpaired) electrons. The van der Waals surface area contributed by atoms with Crippen molar-refractivity contribution in [2.45, 2.75) is 26.6 Å². The lowest BCUT2D eigenvalue weighted by molar-refractivity contribution is -0.223. The maximum Gasteiger partial charge on any atom is 0.246 e. The molecule has 0 bridgehead atoms. The van der Waals surface area contributed by atoms with Crippen molar-refractivity contribution in [3.05, 3.63) is 12.2 Å². The highest BCUT2D eigenvalue weighted by atomic mass is 16.7. The highest BCUT2D eigenvalue weighted by Crippen LogP contribution is 2.10. The van der Waals surface area contributed by atoms with Gasteiger partial charge in [-0.1, -0.05) is 6.58 Å². The Hall–Kier alpha value is -0.990. The van der Waals surface area contributed by atoms with Crippen LogP contribution in [0.15, 0.2) is 12.2 Å². The molecule has 0 aromatic rings. The molecule has 3 N–H and O–H groups in total. The Morgan fingerprint density at radius 1 is 1.05 bits per heavy atom. The van der Waals surface area contributed by atoms with Crippen LogP contribution in [0, 0.1) is 0 Å². The molecule has 0 aromatic carbocycles. The highest BCUT2D eigenvalue weighted by molar-refractivity contribution is 5.91. The molecule has 0 aliphatic heterocycles. The molecule has 0 atom stereocenters. The third-order valence-corrected chi connectivity index (χ3v) is 2.54. The quantitative estimate of drug-likeness (QED) is 0.274. The minimum atomic E-state index is -0.691. The van der Waals surface area contributed by atoms with Crippen LogP contribution in [0.3, 0.4) is 0 Å². The Morgan fingerprint density at radius 3 is 2.09 bits per heavy atom. The number of carbonyl (C=O) groups is 1. The second-order valence-corrected chi connectivity index (χ2v) is 5.15. The Labute approximate surface area is 133 Å². The van der Waals surface area contributed by atoms with E-state index in [1.807, 2.05) is 13.8 Å². The molecule has 0 aliphatic rings. The van der Waals surface area contributed by atoms with Gasteiger partial charge in [-0.2, -0.15) is 0 Å². The largest absolute Gasteiger partial charge is 0.378 e. The molecule has 0 fully saturated rings. The average molecular weight is 318 g/mol. The van der Waals surface area contributed by atoms with Crippen molar-refractivity contribution < 1.29 is 23.7 Å². The van der Waals surface area contributed by atoms with E-state index in [1.165, 1.54) is 0 Å². The lowest BCUT2D eigenvalue weighted by Crippen LogP contribution is -2.32. The van der Waals surface area contributed by atoms with Crippen molar-refractivity contribution in [3.8, 4) is 0 Å². The minimum absolute atomic E-state index is 0.161. The molecule has 0 saturated heterocycles. The van der Waals surface area contributed by atoms with Gasteiger partial charge in [0, 0.05) is 18.7 Å². The highest BCUT2D eigenvalue weighted by Gasteiger charge is 2.18. The molecule has 0 saturated carbocycles. The van der Waals surface area contributed by atoms with Crippen LogP contribution in [0.2, 0.25) is 0 Å². The number of carbonyl (C=O) groups excluding carboxylic acids is 1. The first-order valence-corrected chi connectivity index (χ1v) is 7.46. The molecule has 0 rings (SSSR count). The number of nitrogens with two attached hydrogens (primary N) is 1. The second-order valence-electron chi connectivity index (χ2n) is 5.15. The monoisotopic (exact) mass is 318 g/mol. The summed E-state index contributed by atoms with van der Waals surface area (Å²) in [6, 6.07) is 0. The standard InChI is InChI=1S/C15H30N2O5/c1-13(2)14(18)17-6-8-20-10-12-22-15(3,4)21-11-9-19-7-5-16/h1,5-12,16H2,2-4H3,(H,17,18). The molecule has 0 heterocycles. The summed E-state index contributed by atoms with van der Waals surface area (Å²) < 4.78 is 21.7. The average Bonchev–Trinajstić information content (AvgIpc) is 2.45. The summed E-state index contributed by atoms with van der Waals surface area (Å²) in [4.78, 5) is 11.2. The van der Waals surface area contributed by atoms with E-state index in [0.717, 1.165) is 0 Å². The minimum Gasteiger partial charge on any atom is -0.378 e. The van der Waals surface area contributed by atoms with E-state index in [-0.39, 0.29) is 5.91 Å². The van der Waals surface area contributed by atoms with Crippen molar-refractivity contribution in [1.29, 1.82) is 0 Å². The van der Waals surface area contributed by atoms with Crippen LogP contribution in [0.1, 0.15) is 20.8 Å². The summed E-state index contributed by atoms with van der Waals surface area (Å²) in [7, 11) is 0. The van der Waals surface area contributed by atoms with Crippen LogP contribution in [-0.2, 0) is 23.7 Å². The fraction of sp³-hybridized carbons (Fsp3) is 0.800. The van der Waals surface area contributed by atoms with Gasteiger partial charge >= 0.3 is 0 Å². The SMILES string of the molecule is C=C(C)C(=O)NCCOCCOC(C)(C)OCCOCCN. The number of rotatable bonds is 14. The molecule has 7 nitrogen and oxygen atoms in total. The molecule has 130 valence electrons. The Kier molecular flexibility index (Phi) is 12.0.